The molecule has 7 heteroatoms. The molecule has 2 amide bonds. The third kappa shape index (κ3) is 6.46. The molecule has 0 saturated carbocycles. The molecule has 7 nitrogen and oxygen atoms in total. The molecule has 3 atom stereocenters. The van der Waals surface area contributed by atoms with Crippen LogP contribution in [0.25, 0.3) is 0 Å². The number of carbonyl (C=O) groups excluding carboxylic acids is 1. The van der Waals surface area contributed by atoms with Gasteiger partial charge in [0.25, 0.3) is 0 Å². The number of hydrogen-bond acceptors (Lipinski definition) is 5. The first-order valence-corrected chi connectivity index (χ1v) is 13.6. The lowest BCUT2D eigenvalue weighted by molar-refractivity contribution is -0.0586. The third-order valence-electron chi connectivity index (χ3n) is 7.97. The van der Waals surface area contributed by atoms with Crippen molar-refractivity contribution in [3.8, 4) is 11.5 Å². The van der Waals surface area contributed by atoms with Gasteiger partial charge >= 0.3 is 6.03 Å². The largest absolute Gasteiger partial charge is 0.457 e. The van der Waals surface area contributed by atoms with Gasteiger partial charge in [0.15, 0.2) is 0 Å². The third-order valence-corrected chi connectivity index (χ3v) is 7.97. The Morgan fingerprint density at radius 3 is 2.54 bits per heavy atom. The van der Waals surface area contributed by atoms with Gasteiger partial charge in [-0.1, -0.05) is 36.4 Å². The van der Waals surface area contributed by atoms with Gasteiger partial charge in [0.05, 0.1) is 5.60 Å². The Kier molecular flexibility index (Phi) is 8.78. The van der Waals surface area contributed by atoms with Crippen LogP contribution in [-0.2, 0) is 10.3 Å². The van der Waals surface area contributed by atoms with E-state index in [9.17, 15) is 9.90 Å². The first-order valence-electron chi connectivity index (χ1n) is 13.6. The minimum absolute atomic E-state index is 0.0325. The Morgan fingerprint density at radius 1 is 1.11 bits per heavy atom. The predicted octanol–water partition coefficient (Wildman–Crippen LogP) is 5.05. The lowest BCUT2D eigenvalue weighted by atomic mass is 9.73. The van der Waals surface area contributed by atoms with Gasteiger partial charge in [0.2, 0.25) is 0 Å². The van der Waals surface area contributed by atoms with Crippen LogP contribution in [0, 0.1) is 12.8 Å². The number of unbranched alkanes of at least 4 members (excludes halogenated alkanes) is 1. The Morgan fingerprint density at radius 2 is 1.84 bits per heavy atom. The van der Waals surface area contributed by atoms with Crippen LogP contribution < -0.4 is 10.5 Å². The van der Waals surface area contributed by atoms with Crippen molar-refractivity contribution in [2.75, 3.05) is 39.9 Å². The number of urea groups is 1. The van der Waals surface area contributed by atoms with Crippen LogP contribution >= 0.6 is 0 Å². The molecule has 0 spiro atoms. The predicted molar refractivity (Wildman–Crippen MR) is 146 cm³/mol. The monoisotopic (exact) mass is 509 g/mol. The highest BCUT2D eigenvalue weighted by Gasteiger charge is 2.44. The molecular weight excluding hydrogens is 466 g/mol. The molecule has 2 saturated heterocycles. The number of carbonyl (C=O) groups is 1. The summed E-state index contributed by atoms with van der Waals surface area (Å²) in [7, 11) is 1.70. The van der Waals surface area contributed by atoms with Gasteiger partial charge in [-0.2, -0.15) is 0 Å². The number of benzene rings is 2. The molecule has 0 bridgehead atoms. The second kappa shape index (κ2) is 11.8. The molecule has 0 aliphatic carbocycles. The van der Waals surface area contributed by atoms with Crippen molar-refractivity contribution in [1.82, 2.24) is 9.80 Å². The summed E-state index contributed by atoms with van der Waals surface area (Å²) in [5.74, 6) is 1.32. The molecule has 37 heavy (non-hydrogen) atoms. The number of amides is 2. The lowest BCUT2D eigenvalue weighted by Gasteiger charge is -2.44. The number of nitrogens with zero attached hydrogens (tertiary/aromatic N) is 2. The molecule has 0 unspecified atom stereocenters. The van der Waals surface area contributed by atoms with Gasteiger partial charge in [-0.3, -0.25) is 0 Å². The second-order valence-electron chi connectivity index (χ2n) is 11.1. The number of likely N-dealkylation sites (tertiary alicyclic amines) is 2. The molecule has 2 fully saturated rings. The fourth-order valence-corrected chi connectivity index (χ4v) is 5.79. The first kappa shape index (κ1) is 27.4. The number of rotatable bonds is 9. The van der Waals surface area contributed by atoms with Crippen LogP contribution in [0.5, 0.6) is 11.5 Å². The summed E-state index contributed by atoms with van der Waals surface area (Å²) >= 11 is 0. The molecule has 0 aromatic heterocycles. The minimum Gasteiger partial charge on any atom is -0.457 e. The van der Waals surface area contributed by atoms with E-state index in [1.165, 1.54) is 0 Å². The van der Waals surface area contributed by atoms with E-state index in [0.717, 1.165) is 49.0 Å². The fraction of sp³-hybridized carbons (Fsp3) is 0.567. The Balaban J connectivity index is 1.61. The van der Waals surface area contributed by atoms with Crippen LogP contribution in [0.4, 0.5) is 4.79 Å². The molecule has 202 valence electrons. The van der Waals surface area contributed by atoms with Gasteiger partial charge in [-0.15, -0.1) is 0 Å². The van der Waals surface area contributed by atoms with Gasteiger partial charge < -0.3 is 30.1 Å². The number of para-hydroxylation sites is 2. The summed E-state index contributed by atoms with van der Waals surface area (Å²) in [5.41, 5.74) is 6.65. The maximum Gasteiger partial charge on any atom is 0.320 e. The standard InChI is InChI=1S/C30H43N3O4/c1-23-11-4-6-14-26(23)37-27-15-7-5-13-25(27)30(35,16-8-9-20-36-3)24-12-10-18-32(21-24)28(34)33-19-17-29(2,31)22-33/h4-7,11,13-15,24,35H,8-10,12,16-22,31H2,1-3H3/t24-,29+,30+/m1/s1. The Labute approximate surface area is 221 Å². The zero-order chi connectivity index (χ0) is 26.5. The molecule has 3 N–H and O–H groups in total. The van der Waals surface area contributed by atoms with E-state index in [4.69, 9.17) is 15.2 Å². The number of nitrogens with two attached hydrogens (primary N) is 1. The van der Waals surface area contributed by atoms with Crippen LogP contribution in [0.15, 0.2) is 48.5 Å². The minimum atomic E-state index is -1.14. The van der Waals surface area contributed by atoms with Crippen LogP contribution in [-0.4, -0.2) is 66.4 Å². The average molecular weight is 510 g/mol. The van der Waals surface area contributed by atoms with Crippen LogP contribution in [0.3, 0.4) is 0 Å². The Hall–Kier alpha value is -2.61. The van der Waals surface area contributed by atoms with Crippen molar-refractivity contribution in [3.63, 3.8) is 0 Å². The van der Waals surface area contributed by atoms with Gasteiger partial charge in [0, 0.05) is 56.9 Å². The molecule has 2 aromatic carbocycles. The van der Waals surface area contributed by atoms with E-state index < -0.39 is 5.60 Å². The summed E-state index contributed by atoms with van der Waals surface area (Å²) < 4.78 is 11.7. The van der Waals surface area contributed by atoms with E-state index in [0.29, 0.717) is 45.0 Å². The Bertz CT molecular complexity index is 1060. The van der Waals surface area contributed by atoms with Crippen molar-refractivity contribution in [3.05, 3.63) is 59.7 Å². The van der Waals surface area contributed by atoms with Crippen molar-refractivity contribution >= 4 is 6.03 Å². The van der Waals surface area contributed by atoms with Crippen LogP contribution in [0.1, 0.15) is 56.6 Å². The van der Waals surface area contributed by atoms with E-state index in [2.05, 4.69) is 0 Å². The van der Waals surface area contributed by atoms with Crippen LogP contribution in [0.2, 0.25) is 0 Å². The van der Waals surface area contributed by atoms with Crippen molar-refractivity contribution in [2.24, 2.45) is 11.7 Å². The number of ether oxygens (including phenoxy) is 2. The highest BCUT2D eigenvalue weighted by Crippen LogP contribution is 2.44. The number of hydrogen-bond donors (Lipinski definition) is 2. The maximum atomic E-state index is 13.4. The van der Waals surface area contributed by atoms with Crippen molar-refractivity contribution in [1.29, 1.82) is 0 Å². The molecular formula is C30H43N3O4. The highest BCUT2D eigenvalue weighted by molar-refractivity contribution is 5.75. The smallest absolute Gasteiger partial charge is 0.320 e. The van der Waals surface area contributed by atoms with Crippen molar-refractivity contribution < 1.29 is 19.4 Å². The average Bonchev–Trinajstić information content (AvgIpc) is 3.27. The van der Waals surface area contributed by atoms with Crippen molar-refractivity contribution in [2.45, 2.75) is 63.5 Å². The number of aryl methyl sites for hydroxylation is 1. The van der Waals surface area contributed by atoms with E-state index in [-0.39, 0.29) is 17.5 Å². The highest BCUT2D eigenvalue weighted by atomic mass is 16.5. The summed E-state index contributed by atoms with van der Waals surface area (Å²) in [5, 5.41) is 12.5. The molecule has 4 rings (SSSR count). The lowest BCUT2D eigenvalue weighted by Crippen LogP contribution is -2.52. The maximum absolute atomic E-state index is 13.4. The topological polar surface area (TPSA) is 88.3 Å². The van der Waals surface area contributed by atoms with E-state index in [1.54, 1.807) is 7.11 Å². The molecule has 2 aliphatic heterocycles. The molecule has 0 radical (unpaired) electrons. The zero-order valence-electron chi connectivity index (χ0n) is 22.6. The number of methoxy groups -OCH3 is 1. The van der Waals surface area contributed by atoms with Gasteiger partial charge in [-0.05, 0) is 70.1 Å². The normalized spacial score (nSPS) is 23.6. The summed E-state index contributed by atoms with van der Waals surface area (Å²) in [4.78, 5) is 17.2. The SMILES string of the molecule is COCCCC[C@@](O)(c1ccccc1Oc1ccccc1C)[C@@H]1CCCN(C(=O)N2CC[C@](C)(N)C2)C1. The summed E-state index contributed by atoms with van der Waals surface area (Å²) in [6.07, 6.45) is 4.75. The fourth-order valence-electron chi connectivity index (χ4n) is 5.79. The van der Waals surface area contributed by atoms with E-state index >= 15 is 0 Å². The molecule has 2 heterocycles. The second-order valence-corrected chi connectivity index (χ2v) is 11.1. The number of aliphatic hydroxyl groups is 1. The number of piperidine rings is 1. The zero-order valence-corrected chi connectivity index (χ0v) is 22.6. The van der Waals surface area contributed by atoms with Gasteiger partial charge in [0.1, 0.15) is 11.5 Å². The quantitative estimate of drug-likeness (QED) is 0.462. The molecule has 2 aliphatic rings. The van der Waals surface area contributed by atoms with E-state index in [1.807, 2.05) is 72.2 Å². The molecule has 2 aromatic rings. The summed E-state index contributed by atoms with van der Waals surface area (Å²) in [6, 6.07) is 15.7. The first-order chi connectivity index (χ1) is 17.7. The summed E-state index contributed by atoms with van der Waals surface area (Å²) in [6.45, 7) is 7.14. The van der Waals surface area contributed by atoms with Gasteiger partial charge in [-0.25, -0.2) is 4.79 Å².